The van der Waals surface area contributed by atoms with Crippen LogP contribution in [0.3, 0.4) is 0 Å². The summed E-state index contributed by atoms with van der Waals surface area (Å²) >= 11 is 1.64. The zero-order valence-corrected chi connectivity index (χ0v) is 12.9. The van der Waals surface area contributed by atoms with E-state index in [1.165, 1.54) is 0 Å². The molecule has 1 amide bonds. The Morgan fingerprint density at radius 3 is 2.95 bits per heavy atom. The highest BCUT2D eigenvalue weighted by molar-refractivity contribution is 7.09. The van der Waals surface area contributed by atoms with Crippen molar-refractivity contribution in [1.82, 2.24) is 15.3 Å². The van der Waals surface area contributed by atoms with Crippen LogP contribution in [-0.2, 0) is 13.0 Å². The second-order valence-corrected chi connectivity index (χ2v) is 5.88. The summed E-state index contributed by atoms with van der Waals surface area (Å²) in [7, 11) is 0. The van der Waals surface area contributed by atoms with E-state index in [4.69, 9.17) is 0 Å². The molecule has 0 spiro atoms. The average molecular weight is 299 g/mol. The van der Waals surface area contributed by atoms with Crippen molar-refractivity contribution in [3.8, 4) is 0 Å². The van der Waals surface area contributed by atoms with Gasteiger partial charge in [-0.2, -0.15) is 0 Å². The summed E-state index contributed by atoms with van der Waals surface area (Å²) in [4.78, 5) is 20.1. The van der Waals surface area contributed by atoms with Crippen molar-refractivity contribution in [1.29, 1.82) is 0 Å². The van der Waals surface area contributed by atoms with Crippen LogP contribution in [0.15, 0.2) is 29.6 Å². The summed E-state index contributed by atoms with van der Waals surface area (Å²) in [5, 5.41) is 7.02. The number of carbonyl (C=O) groups is 1. The summed E-state index contributed by atoms with van der Waals surface area (Å²) in [5.41, 5.74) is 3.52. The molecule has 2 aromatic heterocycles. The fourth-order valence-electron chi connectivity index (χ4n) is 2.42. The average Bonchev–Trinajstić information content (AvgIpc) is 3.07. The van der Waals surface area contributed by atoms with Gasteiger partial charge in [0.15, 0.2) is 0 Å². The summed E-state index contributed by atoms with van der Waals surface area (Å²) in [5.74, 6) is -0.0593. The molecule has 0 atom stereocenters. The third-order valence-corrected chi connectivity index (χ3v) is 4.49. The number of hydrogen-bond donors (Lipinski definition) is 2. The van der Waals surface area contributed by atoms with Gasteiger partial charge in [-0.15, -0.1) is 11.3 Å². The molecule has 1 aromatic carbocycles. The number of benzene rings is 1. The molecule has 2 heterocycles. The monoisotopic (exact) mass is 299 g/mol. The van der Waals surface area contributed by atoms with Crippen molar-refractivity contribution in [2.45, 2.75) is 26.8 Å². The van der Waals surface area contributed by atoms with Crippen LogP contribution in [0.5, 0.6) is 0 Å². The first-order valence-electron chi connectivity index (χ1n) is 6.97. The number of aromatic nitrogens is 2. The number of H-pyrrole nitrogens is 1. The largest absolute Gasteiger partial charge is 0.358 e. The van der Waals surface area contributed by atoms with E-state index >= 15 is 0 Å². The first-order valence-corrected chi connectivity index (χ1v) is 7.85. The van der Waals surface area contributed by atoms with Crippen LogP contribution in [0, 0.1) is 6.92 Å². The van der Waals surface area contributed by atoms with Crippen LogP contribution >= 0.6 is 11.3 Å². The second kappa shape index (κ2) is 5.69. The number of nitrogens with one attached hydrogen (secondary N) is 2. The Bertz CT molecular complexity index is 788. The lowest BCUT2D eigenvalue weighted by molar-refractivity contribution is 0.0951. The predicted octanol–water partition coefficient (Wildman–Crippen LogP) is 3.43. The molecule has 0 aliphatic rings. The van der Waals surface area contributed by atoms with E-state index in [-0.39, 0.29) is 5.91 Å². The van der Waals surface area contributed by atoms with Gasteiger partial charge in [0, 0.05) is 22.0 Å². The summed E-state index contributed by atoms with van der Waals surface area (Å²) < 4.78 is 0. The zero-order valence-electron chi connectivity index (χ0n) is 12.1. The standard InChI is InChI=1S/C16H17N3OS/c1-3-14-19-11(9-21-14)8-17-16(20)15-10(2)18-13-7-5-4-6-12(13)15/h4-7,9,18H,3,8H2,1-2H3,(H,17,20). The highest BCUT2D eigenvalue weighted by Crippen LogP contribution is 2.21. The Morgan fingerprint density at radius 2 is 2.19 bits per heavy atom. The Hall–Kier alpha value is -2.14. The lowest BCUT2D eigenvalue weighted by atomic mass is 10.1. The first-order chi connectivity index (χ1) is 10.2. The van der Waals surface area contributed by atoms with Gasteiger partial charge in [-0.1, -0.05) is 25.1 Å². The van der Waals surface area contributed by atoms with Gasteiger partial charge >= 0.3 is 0 Å². The summed E-state index contributed by atoms with van der Waals surface area (Å²) in [6.07, 6.45) is 0.931. The number of aromatic amines is 1. The number of para-hydroxylation sites is 1. The molecule has 0 saturated carbocycles. The first kappa shape index (κ1) is 13.8. The van der Waals surface area contributed by atoms with E-state index in [0.29, 0.717) is 6.54 Å². The molecule has 0 aliphatic heterocycles. The second-order valence-electron chi connectivity index (χ2n) is 4.94. The molecule has 0 radical (unpaired) electrons. The Morgan fingerprint density at radius 1 is 1.38 bits per heavy atom. The van der Waals surface area contributed by atoms with Gasteiger partial charge in [0.2, 0.25) is 0 Å². The van der Waals surface area contributed by atoms with Crippen LogP contribution in [0.2, 0.25) is 0 Å². The number of amides is 1. The Balaban J connectivity index is 1.79. The van der Waals surface area contributed by atoms with Gasteiger partial charge in [0.25, 0.3) is 5.91 Å². The molecule has 5 heteroatoms. The third-order valence-electron chi connectivity index (χ3n) is 3.45. The minimum atomic E-state index is -0.0593. The molecule has 3 aromatic rings. The number of carbonyl (C=O) groups excluding carboxylic acids is 1. The van der Waals surface area contributed by atoms with Crippen LogP contribution < -0.4 is 5.32 Å². The van der Waals surface area contributed by atoms with Gasteiger partial charge in [0.05, 0.1) is 22.8 Å². The van der Waals surface area contributed by atoms with Crippen molar-refractivity contribution in [2.75, 3.05) is 0 Å². The van der Waals surface area contributed by atoms with Crippen LogP contribution in [0.4, 0.5) is 0 Å². The van der Waals surface area contributed by atoms with Crippen molar-refractivity contribution < 1.29 is 4.79 Å². The molecule has 0 bridgehead atoms. The minimum absolute atomic E-state index is 0.0593. The summed E-state index contributed by atoms with van der Waals surface area (Å²) in [6.45, 7) is 4.47. The van der Waals surface area contributed by atoms with Crippen molar-refractivity contribution >= 4 is 28.1 Å². The van der Waals surface area contributed by atoms with Gasteiger partial charge < -0.3 is 10.3 Å². The minimum Gasteiger partial charge on any atom is -0.358 e. The number of fused-ring (bicyclic) bond motifs is 1. The van der Waals surface area contributed by atoms with E-state index < -0.39 is 0 Å². The van der Waals surface area contributed by atoms with Gasteiger partial charge in [-0.3, -0.25) is 4.79 Å². The molecule has 108 valence electrons. The van der Waals surface area contributed by atoms with Gasteiger partial charge in [-0.25, -0.2) is 4.98 Å². The lowest BCUT2D eigenvalue weighted by Crippen LogP contribution is -2.23. The fourth-order valence-corrected chi connectivity index (χ4v) is 3.17. The zero-order chi connectivity index (χ0) is 14.8. The number of rotatable bonds is 4. The van der Waals surface area contributed by atoms with Crippen LogP contribution in [0.1, 0.15) is 33.7 Å². The van der Waals surface area contributed by atoms with E-state index in [9.17, 15) is 4.79 Å². The lowest BCUT2D eigenvalue weighted by Gasteiger charge is -2.03. The maximum Gasteiger partial charge on any atom is 0.254 e. The van der Waals surface area contributed by atoms with Gasteiger partial charge in [0.1, 0.15) is 0 Å². The Kier molecular flexibility index (Phi) is 3.75. The predicted molar refractivity (Wildman–Crippen MR) is 85.7 cm³/mol. The van der Waals surface area contributed by atoms with E-state index in [2.05, 4.69) is 22.2 Å². The smallest absolute Gasteiger partial charge is 0.254 e. The van der Waals surface area contributed by atoms with Gasteiger partial charge in [-0.05, 0) is 19.4 Å². The van der Waals surface area contributed by atoms with E-state index in [0.717, 1.165) is 39.3 Å². The van der Waals surface area contributed by atoms with Crippen molar-refractivity contribution in [3.63, 3.8) is 0 Å². The Labute approximate surface area is 127 Å². The molecule has 0 fully saturated rings. The number of hydrogen-bond acceptors (Lipinski definition) is 3. The number of nitrogens with zero attached hydrogens (tertiary/aromatic N) is 1. The maximum atomic E-state index is 12.4. The molecule has 2 N–H and O–H groups in total. The molecular weight excluding hydrogens is 282 g/mol. The fraction of sp³-hybridized carbons (Fsp3) is 0.250. The normalized spacial score (nSPS) is 11.0. The molecule has 4 nitrogen and oxygen atoms in total. The topological polar surface area (TPSA) is 57.8 Å². The van der Waals surface area contributed by atoms with E-state index in [1.54, 1.807) is 11.3 Å². The summed E-state index contributed by atoms with van der Waals surface area (Å²) in [6, 6.07) is 7.85. The molecule has 21 heavy (non-hydrogen) atoms. The van der Waals surface area contributed by atoms with Crippen molar-refractivity contribution in [3.05, 3.63) is 51.6 Å². The third kappa shape index (κ3) is 2.69. The quantitative estimate of drug-likeness (QED) is 0.775. The maximum absolute atomic E-state index is 12.4. The highest BCUT2D eigenvalue weighted by atomic mass is 32.1. The van der Waals surface area contributed by atoms with E-state index in [1.807, 2.05) is 36.6 Å². The molecule has 0 aliphatic carbocycles. The molecular formula is C16H17N3OS. The molecule has 0 saturated heterocycles. The van der Waals surface area contributed by atoms with Crippen LogP contribution in [0.25, 0.3) is 10.9 Å². The highest BCUT2D eigenvalue weighted by Gasteiger charge is 2.15. The van der Waals surface area contributed by atoms with Crippen LogP contribution in [-0.4, -0.2) is 15.9 Å². The molecule has 0 unspecified atom stereocenters. The SMILES string of the molecule is CCc1nc(CNC(=O)c2c(C)[nH]c3ccccc23)cs1. The van der Waals surface area contributed by atoms with Crippen molar-refractivity contribution in [2.24, 2.45) is 0 Å². The molecule has 3 rings (SSSR count). The number of aryl methyl sites for hydroxylation is 2. The number of thiazole rings is 1.